The van der Waals surface area contributed by atoms with Crippen LogP contribution in [0, 0.1) is 0 Å². The van der Waals surface area contributed by atoms with Crippen LogP contribution in [0.25, 0.3) is 0 Å². The molecule has 5 aliphatic rings. The fraction of sp³-hybridized carbons (Fsp3) is 0.500. The zero-order chi connectivity index (χ0) is 32.4. The largest absolute Gasteiger partial charge is 0.489 e. The van der Waals surface area contributed by atoms with Crippen molar-refractivity contribution in [3.8, 4) is 0 Å². The van der Waals surface area contributed by atoms with E-state index < -0.39 is 71.9 Å². The SMILES string of the molecule is C/C=C(/C)C(=O)OC[C@H]1C2=C(C[C@@H]3[C@@H]4C5=C(C(=O)C(C)=C(OCC)C5=O)[C@@H](O)C(C(=O)N31)N4C)C(=O)C(C)=C(OCC)C2=O. The number of amides is 1. The number of carbonyl (C=O) groups is 6. The number of ketones is 4. The number of aliphatic hydroxyl groups excluding tert-OH is 1. The monoisotopic (exact) mass is 608 g/mol. The summed E-state index contributed by atoms with van der Waals surface area (Å²) in [7, 11) is 1.57. The number of hydrogen-bond donors (Lipinski definition) is 1. The number of nitrogens with zero attached hydrogens (tertiary/aromatic N) is 2. The van der Waals surface area contributed by atoms with Crippen molar-refractivity contribution in [1.82, 2.24) is 9.80 Å². The Hall–Kier alpha value is -4.16. The molecule has 1 N–H and O–H groups in total. The lowest BCUT2D eigenvalue weighted by Crippen LogP contribution is -2.75. The number of rotatable bonds is 7. The second-order valence-electron chi connectivity index (χ2n) is 11.4. The predicted octanol–water partition coefficient (Wildman–Crippen LogP) is 1.04. The minimum atomic E-state index is -1.66. The first-order valence-corrected chi connectivity index (χ1v) is 14.7. The van der Waals surface area contributed by atoms with Crippen molar-refractivity contribution >= 4 is 35.0 Å². The van der Waals surface area contributed by atoms with Gasteiger partial charge in [0.1, 0.15) is 18.8 Å². The predicted molar refractivity (Wildman–Crippen MR) is 154 cm³/mol. The van der Waals surface area contributed by atoms with Crippen LogP contribution < -0.4 is 0 Å². The van der Waals surface area contributed by atoms with E-state index in [-0.39, 0.29) is 64.6 Å². The minimum absolute atomic E-state index is 0.0146. The molecule has 0 aromatic rings. The van der Waals surface area contributed by atoms with Crippen LogP contribution in [0.2, 0.25) is 0 Å². The maximum atomic E-state index is 14.3. The van der Waals surface area contributed by atoms with Gasteiger partial charge in [-0.2, -0.15) is 0 Å². The number of hydrogen-bond acceptors (Lipinski definition) is 11. The maximum absolute atomic E-state index is 14.3. The summed E-state index contributed by atoms with van der Waals surface area (Å²) in [5.41, 5.74) is 0.369. The minimum Gasteiger partial charge on any atom is -0.489 e. The number of Topliss-reactive ketones (excluding diaryl/α,β-unsaturated/α-hetero) is 4. The van der Waals surface area contributed by atoms with Gasteiger partial charge < -0.3 is 24.2 Å². The van der Waals surface area contributed by atoms with E-state index in [1.54, 1.807) is 45.7 Å². The first kappa shape index (κ1) is 31.3. The average molecular weight is 609 g/mol. The van der Waals surface area contributed by atoms with E-state index in [0.717, 1.165) is 0 Å². The molecular weight excluding hydrogens is 572 g/mol. The molecule has 234 valence electrons. The first-order chi connectivity index (χ1) is 20.8. The number of esters is 1. The summed E-state index contributed by atoms with van der Waals surface area (Å²) >= 11 is 0. The Morgan fingerprint density at radius 3 is 2.02 bits per heavy atom. The van der Waals surface area contributed by atoms with E-state index in [1.807, 2.05) is 0 Å². The highest BCUT2D eigenvalue weighted by atomic mass is 16.5. The van der Waals surface area contributed by atoms with Crippen LogP contribution in [0.15, 0.2) is 56.6 Å². The van der Waals surface area contributed by atoms with Gasteiger partial charge in [-0.05, 0) is 55.0 Å². The summed E-state index contributed by atoms with van der Waals surface area (Å²) in [6.45, 7) is 9.25. The number of ether oxygens (including phenoxy) is 3. The topological polar surface area (TPSA) is 157 Å². The summed E-state index contributed by atoms with van der Waals surface area (Å²) in [4.78, 5) is 85.2. The average Bonchev–Trinajstić information content (AvgIpc) is 2.99. The fourth-order valence-electron chi connectivity index (χ4n) is 6.99. The lowest BCUT2D eigenvalue weighted by atomic mass is 9.68. The molecule has 44 heavy (non-hydrogen) atoms. The van der Waals surface area contributed by atoms with Crippen LogP contribution in [0.1, 0.15) is 48.0 Å². The van der Waals surface area contributed by atoms with E-state index in [1.165, 1.54) is 18.7 Å². The van der Waals surface area contributed by atoms with Crippen molar-refractivity contribution in [3.63, 3.8) is 0 Å². The summed E-state index contributed by atoms with van der Waals surface area (Å²) in [5.74, 6) is -3.82. The fourth-order valence-corrected chi connectivity index (χ4v) is 6.99. The molecule has 0 saturated carbocycles. The van der Waals surface area contributed by atoms with Gasteiger partial charge in [-0.3, -0.25) is 28.9 Å². The van der Waals surface area contributed by atoms with E-state index in [0.29, 0.717) is 5.57 Å². The number of carbonyl (C=O) groups excluding carboxylic acids is 6. The standard InChI is InChI=1S/C32H36N2O10/c1-8-13(4)32(41)44-12-18-19-16(24(35)14(5)29(27(19)38)42-9-2)11-17-22-20-21(25(36)15(6)30(28(20)39)43-10-3)26(37)23(33(22)7)31(40)34(17)18/h8,17-18,22-23,26,37H,9-12H2,1-7H3/b13-8-/t17-,18+,22-,23?,26-/m1/s1. The van der Waals surface area contributed by atoms with Gasteiger partial charge in [0.2, 0.25) is 17.5 Å². The van der Waals surface area contributed by atoms with E-state index >= 15 is 0 Å². The highest BCUT2D eigenvalue weighted by Gasteiger charge is 2.62. The molecule has 5 atom stereocenters. The molecule has 0 spiro atoms. The Labute approximate surface area is 254 Å². The molecule has 0 radical (unpaired) electrons. The Kier molecular flexibility index (Phi) is 8.10. The van der Waals surface area contributed by atoms with Gasteiger partial charge in [-0.15, -0.1) is 0 Å². The third kappa shape index (κ3) is 4.34. The smallest absolute Gasteiger partial charge is 0.333 e. The molecule has 5 rings (SSSR count). The summed E-state index contributed by atoms with van der Waals surface area (Å²) in [6, 6.07) is -4.39. The number of aliphatic hydroxyl groups is 1. The molecule has 0 aromatic heterocycles. The van der Waals surface area contributed by atoms with E-state index in [4.69, 9.17) is 14.2 Å². The molecule has 12 heteroatoms. The van der Waals surface area contributed by atoms with Crippen LogP contribution >= 0.6 is 0 Å². The Morgan fingerprint density at radius 1 is 0.886 bits per heavy atom. The Bertz CT molecular complexity index is 1570. The van der Waals surface area contributed by atoms with Gasteiger partial charge in [0, 0.05) is 39.0 Å². The highest BCUT2D eigenvalue weighted by Crippen LogP contribution is 2.47. The Morgan fingerprint density at radius 2 is 1.45 bits per heavy atom. The third-order valence-corrected chi connectivity index (χ3v) is 9.18. The first-order valence-electron chi connectivity index (χ1n) is 14.7. The molecule has 12 nitrogen and oxygen atoms in total. The molecule has 0 aromatic carbocycles. The highest BCUT2D eigenvalue weighted by molar-refractivity contribution is 6.27. The summed E-state index contributed by atoms with van der Waals surface area (Å²) in [5, 5.41) is 11.5. The number of allylic oxidation sites excluding steroid dienone is 5. The lowest BCUT2D eigenvalue weighted by Gasteiger charge is -2.58. The Balaban J connectivity index is 1.70. The molecule has 2 bridgehead atoms. The van der Waals surface area contributed by atoms with Crippen molar-refractivity contribution in [2.45, 2.75) is 78.2 Å². The van der Waals surface area contributed by atoms with Crippen LogP contribution in [-0.4, -0.2) is 107 Å². The second-order valence-corrected chi connectivity index (χ2v) is 11.4. The van der Waals surface area contributed by atoms with E-state index in [9.17, 15) is 33.9 Å². The van der Waals surface area contributed by atoms with Gasteiger partial charge in [0.15, 0.2) is 23.1 Å². The van der Waals surface area contributed by atoms with Crippen LogP contribution in [0.5, 0.6) is 0 Å². The molecule has 3 aliphatic heterocycles. The van der Waals surface area contributed by atoms with E-state index in [2.05, 4.69) is 0 Å². The third-order valence-electron chi connectivity index (χ3n) is 9.18. The quantitative estimate of drug-likeness (QED) is 0.250. The second kappa shape index (κ2) is 11.4. The van der Waals surface area contributed by atoms with Crippen molar-refractivity contribution in [2.24, 2.45) is 0 Å². The van der Waals surface area contributed by atoms with Gasteiger partial charge in [0.05, 0.1) is 31.3 Å². The van der Waals surface area contributed by atoms with Gasteiger partial charge in [-0.1, -0.05) is 6.08 Å². The van der Waals surface area contributed by atoms with Crippen LogP contribution in [-0.2, 0) is 43.0 Å². The van der Waals surface area contributed by atoms with Crippen molar-refractivity contribution < 1.29 is 48.1 Å². The van der Waals surface area contributed by atoms with Crippen molar-refractivity contribution in [3.05, 3.63) is 56.6 Å². The van der Waals surface area contributed by atoms with Gasteiger partial charge >= 0.3 is 5.97 Å². The van der Waals surface area contributed by atoms with Crippen LogP contribution in [0.3, 0.4) is 0 Å². The zero-order valence-electron chi connectivity index (χ0n) is 25.8. The number of fused-ring (bicyclic) bond motifs is 5. The van der Waals surface area contributed by atoms with Crippen molar-refractivity contribution in [1.29, 1.82) is 0 Å². The molecule has 3 heterocycles. The molecule has 1 unspecified atom stereocenters. The summed E-state index contributed by atoms with van der Waals surface area (Å²) in [6.07, 6.45) is -0.232. The number of piperazine rings is 1. The normalized spacial score (nSPS) is 29.3. The zero-order valence-corrected chi connectivity index (χ0v) is 25.8. The molecular formula is C32H36N2O10. The maximum Gasteiger partial charge on any atom is 0.333 e. The molecule has 1 saturated heterocycles. The van der Waals surface area contributed by atoms with Crippen molar-refractivity contribution in [2.75, 3.05) is 26.9 Å². The molecule has 2 aliphatic carbocycles. The summed E-state index contributed by atoms with van der Waals surface area (Å²) < 4.78 is 16.7. The number of likely N-dealkylation sites (N-methyl/N-ethyl adjacent to an activating group) is 1. The molecule has 1 fully saturated rings. The van der Waals surface area contributed by atoms with Crippen LogP contribution in [0.4, 0.5) is 0 Å². The lowest BCUT2D eigenvalue weighted by molar-refractivity contribution is -0.164. The van der Waals surface area contributed by atoms with Gasteiger partial charge in [0.25, 0.3) is 0 Å². The molecule has 1 amide bonds. The van der Waals surface area contributed by atoms with Gasteiger partial charge in [-0.25, -0.2) is 4.79 Å².